The number of likely N-dealkylation sites (tertiary alicyclic amines) is 1. The molecule has 1 atom stereocenters. The zero-order valence-corrected chi connectivity index (χ0v) is 10.5. The van der Waals surface area contributed by atoms with Crippen molar-refractivity contribution in [2.24, 2.45) is 0 Å². The van der Waals surface area contributed by atoms with Gasteiger partial charge in [0.25, 0.3) is 0 Å². The SMILES string of the molecule is Cc1cnc(C2CCCN(C(C)C)C2)nc1. The summed E-state index contributed by atoms with van der Waals surface area (Å²) in [7, 11) is 0. The minimum absolute atomic E-state index is 0.525. The summed E-state index contributed by atoms with van der Waals surface area (Å²) >= 11 is 0. The van der Waals surface area contributed by atoms with E-state index in [0.717, 1.165) is 17.9 Å². The van der Waals surface area contributed by atoms with E-state index in [2.05, 4.69) is 28.7 Å². The van der Waals surface area contributed by atoms with Crippen molar-refractivity contribution in [3.05, 3.63) is 23.8 Å². The quantitative estimate of drug-likeness (QED) is 0.764. The maximum absolute atomic E-state index is 4.46. The van der Waals surface area contributed by atoms with Gasteiger partial charge in [0.05, 0.1) is 0 Å². The third-order valence-electron chi connectivity index (χ3n) is 3.35. The minimum Gasteiger partial charge on any atom is -0.300 e. The van der Waals surface area contributed by atoms with E-state index in [1.807, 2.05) is 19.3 Å². The third-order valence-corrected chi connectivity index (χ3v) is 3.35. The molecule has 0 spiro atoms. The Morgan fingerprint density at radius 1 is 1.31 bits per heavy atom. The average molecular weight is 219 g/mol. The van der Waals surface area contributed by atoms with Gasteiger partial charge in [-0.25, -0.2) is 9.97 Å². The van der Waals surface area contributed by atoms with Crippen molar-refractivity contribution in [1.82, 2.24) is 14.9 Å². The monoisotopic (exact) mass is 219 g/mol. The fourth-order valence-electron chi connectivity index (χ4n) is 2.30. The lowest BCUT2D eigenvalue weighted by Gasteiger charge is -2.34. The second-order valence-electron chi connectivity index (χ2n) is 5.05. The van der Waals surface area contributed by atoms with Crippen LogP contribution in [0.3, 0.4) is 0 Å². The molecule has 0 amide bonds. The topological polar surface area (TPSA) is 29.0 Å². The molecule has 0 aromatic carbocycles. The molecule has 1 unspecified atom stereocenters. The van der Waals surface area contributed by atoms with E-state index < -0.39 is 0 Å². The molecule has 3 nitrogen and oxygen atoms in total. The van der Waals surface area contributed by atoms with Gasteiger partial charge in [0.15, 0.2) is 0 Å². The highest BCUT2D eigenvalue weighted by atomic mass is 15.2. The molecular weight excluding hydrogens is 198 g/mol. The fourth-order valence-corrected chi connectivity index (χ4v) is 2.30. The number of nitrogens with zero attached hydrogens (tertiary/aromatic N) is 3. The highest BCUT2D eigenvalue weighted by molar-refractivity contribution is 5.06. The van der Waals surface area contributed by atoms with Crippen molar-refractivity contribution in [2.75, 3.05) is 13.1 Å². The standard InChI is InChI=1S/C13H21N3/c1-10(2)16-6-4-5-12(9-16)13-14-7-11(3)8-15-13/h7-8,10,12H,4-6,9H2,1-3H3. The summed E-state index contributed by atoms with van der Waals surface area (Å²) in [6.45, 7) is 8.89. The molecule has 1 aliphatic heterocycles. The van der Waals surface area contributed by atoms with Crippen LogP contribution in [0.5, 0.6) is 0 Å². The van der Waals surface area contributed by atoms with E-state index in [-0.39, 0.29) is 0 Å². The van der Waals surface area contributed by atoms with Crippen LogP contribution < -0.4 is 0 Å². The van der Waals surface area contributed by atoms with Gasteiger partial charge in [-0.2, -0.15) is 0 Å². The van der Waals surface area contributed by atoms with Gasteiger partial charge in [0.1, 0.15) is 5.82 Å². The normalized spacial score (nSPS) is 22.6. The largest absolute Gasteiger partial charge is 0.300 e. The van der Waals surface area contributed by atoms with Crippen molar-refractivity contribution in [1.29, 1.82) is 0 Å². The van der Waals surface area contributed by atoms with Crippen LogP contribution in [0.15, 0.2) is 12.4 Å². The Morgan fingerprint density at radius 3 is 2.62 bits per heavy atom. The number of aryl methyl sites for hydroxylation is 1. The van der Waals surface area contributed by atoms with E-state index in [1.165, 1.54) is 19.4 Å². The van der Waals surface area contributed by atoms with Crippen LogP contribution in [0.2, 0.25) is 0 Å². The Bertz CT molecular complexity index is 332. The predicted octanol–water partition coefficient (Wildman–Crippen LogP) is 2.37. The molecule has 0 aliphatic carbocycles. The van der Waals surface area contributed by atoms with Crippen LogP contribution in [-0.2, 0) is 0 Å². The summed E-state index contributed by atoms with van der Waals surface area (Å²) in [5.74, 6) is 1.55. The highest BCUT2D eigenvalue weighted by Crippen LogP contribution is 2.25. The first-order valence-electron chi connectivity index (χ1n) is 6.19. The van der Waals surface area contributed by atoms with Gasteiger partial charge in [-0.05, 0) is 45.7 Å². The first-order chi connectivity index (χ1) is 7.66. The molecule has 0 saturated carbocycles. The molecule has 2 heterocycles. The molecule has 1 fully saturated rings. The minimum atomic E-state index is 0.525. The molecule has 1 aliphatic rings. The summed E-state index contributed by atoms with van der Waals surface area (Å²) in [5.41, 5.74) is 1.14. The van der Waals surface area contributed by atoms with Crippen LogP contribution in [-0.4, -0.2) is 34.0 Å². The number of hydrogen-bond acceptors (Lipinski definition) is 3. The summed E-state index contributed by atoms with van der Waals surface area (Å²) in [5, 5.41) is 0. The fraction of sp³-hybridized carbons (Fsp3) is 0.692. The molecule has 1 aromatic heterocycles. The number of hydrogen-bond donors (Lipinski definition) is 0. The molecule has 88 valence electrons. The zero-order valence-electron chi connectivity index (χ0n) is 10.5. The number of rotatable bonds is 2. The maximum Gasteiger partial charge on any atom is 0.132 e. The van der Waals surface area contributed by atoms with Crippen molar-refractivity contribution < 1.29 is 0 Å². The summed E-state index contributed by atoms with van der Waals surface area (Å²) in [6.07, 6.45) is 6.35. The second-order valence-corrected chi connectivity index (χ2v) is 5.05. The molecule has 0 N–H and O–H groups in total. The van der Waals surface area contributed by atoms with E-state index in [4.69, 9.17) is 0 Å². The lowest BCUT2D eigenvalue weighted by Crippen LogP contribution is -2.39. The van der Waals surface area contributed by atoms with Gasteiger partial charge in [-0.15, -0.1) is 0 Å². The van der Waals surface area contributed by atoms with E-state index in [0.29, 0.717) is 12.0 Å². The zero-order chi connectivity index (χ0) is 11.5. The predicted molar refractivity (Wildman–Crippen MR) is 65.5 cm³/mol. The third kappa shape index (κ3) is 2.59. The summed E-state index contributed by atoms with van der Waals surface area (Å²) in [6, 6.07) is 0.633. The van der Waals surface area contributed by atoms with E-state index in [1.54, 1.807) is 0 Å². The molecule has 2 rings (SSSR count). The Hall–Kier alpha value is -0.960. The second kappa shape index (κ2) is 4.91. The number of piperidine rings is 1. The van der Waals surface area contributed by atoms with Gasteiger partial charge in [0.2, 0.25) is 0 Å². The Kier molecular flexibility index (Phi) is 3.54. The lowest BCUT2D eigenvalue weighted by molar-refractivity contribution is 0.165. The van der Waals surface area contributed by atoms with Gasteiger partial charge < -0.3 is 4.90 Å². The first-order valence-corrected chi connectivity index (χ1v) is 6.19. The van der Waals surface area contributed by atoms with Crippen molar-refractivity contribution >= 4 is 0 Å². The van der Waals surface area contributed by atoms with Crippen LogP contribution in [0.25, 0.3) is 0 Å². The molecule has 3 heteroatoms. The summed E-state index contributed by atoms with van der Waals surface area (Å²) < 4.78 is 0. The van der Waals surface area contributed by atoms with Crippen LogP contribution >= 0.6 is 0 Å². The van der Waals surface area contributed by atoms with Crippen LogP contribution in [0, 0.1) is 6.92 Å². The number of aromatic nitrogens is 2. The highest BCUT2D eigenvalue weighted by Gasteiger charge is 2.24. The molecular formula is C13H21N3. The Balaban J connectivity index is 2.06. The van der Waals surface area contributed by atoms with Crippen molar-refractivity contribution in [3.8, 4) is 0 Å². The van der Waals surface area contributed by atoms with Crippen molar-refractivity contribution in [2.45, 2.75) is 45.6 Å². The Labute approximate surface area is 97.9 Å². The van der Waals surface area contributed by atoms with E-state index >= 15 is 0 Å². The van der Waals surface area contributed by atoms with Gasteiger partial charge in [-0.3, -0.25) is 0 Å². The Morgan fingerprint density at radius 2 is 2.00 bits per heavy atom. The smallest absolute Gasteiger partial charge is 0.132 e. The molecule has 0 radical (unpaired) electrons. The van der Waals surface area contributed by atoms with Gasteiger partial charge in [-0.1, -0.05) is 0 Å². The van der Waals surface area contributed by atoms with Gasteiger partial charge >= 0.3 is 0 Å². The molecule has 1 saturated heterocycles. The average Bonchev–Trinajstić information content (AvgIpc) is 2.30. The van der Waals surface area contributed by atoms with Crippen LogP contribution in [0.1, 0.15) is 44.0 Å². The maximum atomic E-state index is 4.46. The van der Waals surface area contributed by atoms with E-state index in [9.17, 15) is 0 Å². The molecule has 0 bridgehead atoms. The molecule has 1 aromatic rings. The first kappa shape index (κ1) is 11.5. The van der Waals surface area contributed by atoms with Crippen LogP contribution in [0.4, 0.5) is 0 Å². The van der Waals surface area contributed by atoms with Crippen molar-refractivity contribution in [3.63, 3.8) is 0 Å². The van der Waals surface area contributed by atoms with Gasteiger partial charge in [0, 0.05) is 30.9 Å². The summed E-state index contributed by atoms with van der Waals surface area (Å²) in [4.78, 5) is 11.4. The lowest BCUT2D eigenvalue weighted by atomic mass is 9.96. The molecule has 16 heavy (non-hydrogen) atoms.